The fourth-order valence-electron chi connectivity index (χ4n) is 2.60. The third-order valence-electron chi connectivity index (χ3n) is 4.03. The lowest BCUT2D eigenvalue weighted by molar-refractivity contribution is -0.137. The summed E-state index contributed by atoms with van der Waals surface area (Å²) in [6, 6.07) is 15.0. The summed E-state index contributed by atoms with van der Waals surface area (Å²) in [5.74, 6) is 0.737. The first-order chi connectivity index (χ1) is 14.4. The summed E-state index contributed by atoms with van der Waals surface area (Å²) in [6.45, 7) is -0.0364. The number of furan rings is 1. The van der Waals surface area contributed by atoms with Crippen LogP contribution < -0.4 is 15.5 Å². The van der Waals surface area contributed by atoms with Gasteiger partial charge in [-0.2, -0.15) is 18.3 Å². The number of anilines is 1. The quantitative estimate of drug-likeness (QED) is 0.437. The van der Waals surface area contributed by atoms with Crippen molar-refractivity contribution < 1.29 is 27.1 Å². The zero-order chi connectivity index (χ0) is 21.6. The monoisotopic (exact) mass is 417 g/mol. The highest BCUT2D eigenvalue weighted by molar-refractivity contribution is 5.83. The van der Waals surface area contributed by atoms with Gasteiger partial charge in [0.15, 0.2) is 0 Å². The van der Waals surface area contributed by atoms with Crippen LogP contribution in [0.1, 0.15) is 11.3 Å². The Labute approximate surface area is 170 Å². The summed E-state index contributed by atoms with van der Waals surface area (Å²) in [7, 11) is 1.53. The second-order valence-corrected chi connectivity index (χ2v) is 6.13. The first-order valence-corrected chi connectivity index (χ1v) is 8.83. The van der Waals surface area contributed by atoms with Crippen LogP contribution in [0.15, 0.2) is 70.2 Å². The molecule has 3 rings (SSSR count). The molecule has 0 bridgehead atoms. The number of rotatable bonds is 7. The van der Waals surface area contributed by atoms with E-state index in [2.05, 4.69) is 15.8 Å². The Balaban J connectivity index is 1.56. The van der Waals surface area contributed by atoms with E-state index in [9.17, 15) is 18.0 Å². The molecule has 2 aromatic carbocycles. The summed E-state index contributed by atoms with van der Waals surface area (Å²) in [4.78, 5) is 11.9. The summed E-state index contributed by atoms with van der Waals surface area (Å²) < 4.78 is 49.2. The Hall–Kier alpha value is -3.75. The maximum absolute atomic E-state index is 12.8. The molecule has 1 heterocycles. The predicted octanol–water partition coefficient (Wildman–Crippen LogP) is 4.54. The van der Waals surface area contributed by atoms with Crippen molar-refractivity contribution in [2.75, 3.05) is 19.0 Å². The van der Waals surface area contributed by atoms with Crippen molar-refractivity contribution in [2.45, 2.75) is 6.18 Å². The minimum Gasteiger partial charge on any atom is -0.495 e. The molecule has 0 saturated carbocycles. The van der Waals surface area contributed by atoms with Crippen molar-refractivity contribution in [1.29, 1.82) is 0 Å². The Morgan fingerprint density at radius 3 is 2.70 bits per heavy atom. The number of halogens is 3. The maximum atomic E-state index is 12.8. The van der Waals surface area contributed by atoms with E-state index < -0.39 is 17.6 Å². The van der Waals surface area contributed by atoms with Gasteiger partial charge in [0.25, 0.3) is 5.91 Å². The largest absolute Gasteiger partial charge is 0.495 e. The van der Waals surface area contributed by atoms with Crippen LogP contribution in [0, 0.1) is 0 Å². The van der Waals surface area contributed by atoms with Gasteiger partial charge in [-0.15, -0.1) is 0 Å². The van der Waals surface area contributed by atoms with E-state index in [1.54, 1.807) is 24.3 Å². The first kappa shape index (κ1) is 21.0. The van der Waals surface area contributed by atoms with E-state index in [1.807, 2.05) is 6.07 Å². The van der Waals surface area contributed by atoms with E-state index in [0.717, 1.165) is 12.1 Å². The molecule has 0 spiro atoms. The number of methoxy groups -OCH3 is 1. The smallest absolute Gasteiger partial charge is 0.416 e. The molecule has 1 amide bonds. The number of hydrogen-bond donors (Lipinski definition) is 2. The number of ether oxygens (including phenoxy) is 1. The molecule has 156 valence electrons. The molecule has 0 unspecified atom stereocenters. The van der Waals surface area contributed by atoms with Crippen molar-refractivity contribution >= 4 is 17.8 Å². The van der Waals surface area contributed by atoms with Crippen molar-refractivity contribution in [3.63, 3.8) is 0 Å². The van der Waals surface area contributed by atoms with Gasteiger partial charge < -0.3 is 14.5 Å². The highest BCUT2D eigenvalue weighted by Gasteiger charge is 2.30. The van der Waals surface area contributed by atoms with Gasteiger partial charge in [-0.05, 0) is 36.4 Å². The molecule has 2 N–H and O–H groups in total. The number of para-hydroxylation sites is 2. The maximum Gasteiger partial charge on any atom is 0.416 e. The number of benzene rings is 2. The molecule has 9 heteroatoms. The van der Waals surface area contributed by atoms with Crippen LogP contribution in [0.5, 0.6) is 5.75 Å². The summed E-state index contributed by atoms with van der Waals surface area (Å²) in [6.07, 6.45) is -3.17. The molecule has 1 aromatic heterocycles. The molecule has 0 aliphatic heterocycles. The second kappa shape index (κ2) is 9.17. The van der Waals surface area contributed by atoms with Gasteiger partial charge in [0.2, 0.25) is 0 Å². The lowest BCUT2D eigenvalue weighted by atomic mass is 10.1. The molecule has 0 saturated heterocycles. The Bertz CT molecular complexity index is 1040. The van der Waals surface area contributed by atoms with Gasteiger partial charge in [0, 0.05) is 5.56 Å². The molecular weight excluding hydrogens is 399 g/mol. The molecule has 3 aromatic rings. The summed E-state index contributed by atoms with van der Waals surface area (Å²) >= 11 is 0. The number of alkyl halides is 3. The normalized spacial score (nSPS) is 11.5. The highest BCUT2D eigenvalue weighted by atomic mass is 19.4. The molecule has 0 atom stereocenters. The van der Waals surface area contributed by atoms with Crippen molar-refractivity contribution in [2.24, 2.45) is 5.10 Å². The minimum absolute atomic E-state index is 0.0364. The van der Waals surface area contributed by atoms with Gasteiger partial charge in [-0.3, -0.25) is 4.79 Å². The fraction of sp³-hybridized carbons (Fsp3) is 0.143. The van der Waals surface area contributed by atoms with E-state index >= 15 is 0 Å². The van der Waals surface area contributed by atoms with Gasteiger partial charge in [0.05, 0.1) is 31.1 Å². The zero-order valence-electron chi connectivity index (χ0n) is 15.9. The van der Waals surface area contributed by atoms with Crippen LogP contribution >= 0.6 is 0 Å². The lowest BCUT2D eigenvalue weighted by Gasteiger charge is -2.09. The number of nitrogens with zero attached hydrogens (tertiary/aromatic N) is 1. The minimum atomic E-state index is -4.44. The van der Waals surface area contributed by atoms with E-state index in [-0.39, 0.29) is 23.6 Å². The second-order valence-electron chi connectivity index (χ2n) is 6.13. The number of amides is 1. The van der Waals surface area contributed by atoms with Crippen LogP contribution in [-0.2, 0) is 11.0 Å². The SMILES string of the molecule is COc1ccccc1NCC(=O)NN=Cc1ccc(-c2cccc(C(F)(F)F)c2)o1. The first-order valence-electron chi connectivity index (χ1n) is 8.83. The average Bonchev–Trinajstić information content (AvgIpc) is 3.21. The van der Waals surface area contributed by atoms with Gasteiger partial charge >= 0.3 is 6.18 Å². The van der Waals surface area contributed by atoms with Crippen molar-refractivity contribution in [1.82, 2.24) is 5.43 Å². The van der Waals surface area contributed by atoms with Crippen LogP contribution in [0.4, 0.5) is 18.9 Å². The third-order valence-corrected chi connectivity index (χ3v) is 4.03. The number of carbonyl (C=O) groups excluding carboxylic acids is 1. The van der Waals surface area contributed by atoms with E-state index in [0.29, 0.717) is 11.4 Å². The number of hydrogen-bond acceptors (Lipinski definition) is 5. The summed E-state index contributed by atoms with van der Waals surface area (Å²) in [5, 5.41) is 6.72. The Morgan fingerprint density at radius 2 is 1.93 bits per heavy atom. The van der Waals surface area contributed by atoms with Gasteiger partial charge in [-0.25, -0.2) is 5.43 Å². The third kappa shape index (κ3) is 5.40. The van der Waals surface area contributed by atoms with E-state index in [1.165, 1.54) is 31.5 Å². The zero-order valence-corrected chi connectivity index (χ0v) is 15.9. The van der Waals surface area contributed by atoms with Gasteiger partial charge in [0.1, 0.15) is 17.3 Å². The molecule has 30 heavy (non-hydrogen) atoms. The highest BCUT2D eigenvalue weighted by Crippen LogP contribution is 2.32. The van der Waals surface area contributed by atoms with Crippen molar-refractivity contribution in [3.8, 4) is 17.1 Å². The van der Waals surface area contributed by atoms with Crippen LogP contribution in [0.2, 0.25) is 0 Å². The summed E-state index contributed by atoms with van der Waals surface area (Å²) in [5.41, 5.74) is 2.52. The molecule has 6 nitrogen and oxygen atoms in total. The Morgan fingerprint density at radius 1 is 1.13 bits per heavy atom. The lowest BCUT2D eigenvalue weighted by Crippen LogP contribution is -2.26. The molecule has 0 aliphatic carbocycles. The van der Waals surface area contributed by atoms with Crippen LogP contribution in [-0.4, -0.2) is 25.8 Å². The van der Waals surface area contributed by atoms with Crippen LogP contribution in [0.25, 0.3) is 11.3 Å². The Kier molecular flexibility index (Phi) is 6.41. The molecular formula is C21H18F3N3O3. The number of hydrazone groups is 1. The standard InChI is InChI=1S/C21H18F3N3O3/c1-29-19-8-3-2-7-17(19)25-13-20(28)27-26-12-16-9-10-18(30-16)14-5-4-6-15(11-14)21(22,23)24/h2-12,25H,13H2,1H3,(H,27,28). The topological polar surface area (TPSA) is 75.9 Å². The number of carbonyl (C=O) groups is 1. The molecule has 0 radical (unpaired) electrons. The predicted molar refractivity (Wildman–Crippen MR) is 106 cm³/mol. The molecule has 0 fully saturated rings. The van der Waals surface area contributed by atoms with Crippen molar-refractivity contribution in [3.05, 3.63) is 72.0 Å². The fourth-order valence-corrected chi connectivity index (χ4v) is 2.60. The number of nitrogens with one attached hydrogen (secondary N) is 2. The molecule has 0 aliphatic rings. The van der Waals surface area contributed by atoms with Gasteiger partial charge in [-0.1, -0.05) is 24.3 Å². The van der Waals surface area contributed by atoms with Crippen LogP contribution in [0.3, 0.4) is 0 Å². The average molecular weight is 417 g/mol. The van der Waals surface area contributed by atoms with E-state index in [4.69, 9.17) is 9.15 Å².